The first kappa shape index (κ1) is 15.3. The minimum atomic E-state index is -0.305. The summed E-state index contributed by atoms with van der Waals surface area (Å²) in [5.41, 5.74) is 2.08. The molecule has 2 aliphatic rings. The highest BCUT2D eigenvalue weighted by Gasteiger charge is 2.30. The Balaban J connectivity index is 1.64. The number of benzene rings is 1. The second kappa shape index (κ2) is 6.24. The Hall–Kier alpha value is -1.62. The summed E-state index contributed by atoms with van der Waals surface area (Å²) in [6, 6.07) is 6.94. The highest BCUT2D eigenvalue weighted by molar-refractivity contribution is 5.55. The van der Waals surface area contributed by atoms with Crippen LogP contribution in [0.3, 0.4) is 0 Å². The molecular formula is C17H25N3O2. The number of anilines is 1. The summed E-state index contributed by atoms with van der Waals surface area (Å²) in [4.78, 5) is 15.7. The normalized spacial score (nSPS) is 23.9. The van der Waals surface area contributed by atoms with E-state index in [1.807, 2.05) is 19.1 Å². The average Bonchev–Trinajstić information content (AvgIpc) is 2.93. The molecule has 22 heavy (non-hydrogen) atoms. The van der Waals surface area contributed by atoms with Crippen molar-refractivity contribution >= 4 is 11.4 Å². The number of piperidine rings is 1. The molecule has 0 aliphatic carbocycles. The summed E-state index contributed by atoms with van der Waals surface area (Å²) < 4.78 is 0. The van der Waals surface area contributed by atoms with Gasteiger partial charge in [-0.2, -0.15) is 0 Å². The second-order valence-corrected chi connectivity index (χ2v) is 6.68. The van der Waals surface area contributed by atoms with Crippen molar-refractivity contribution in [3.63, 3.8) is 0 Å². The van der Waals surface area contributed by atoms with Gasteiger partial charge in [0.25, 0.3) is 5.69 Å². The molecule has 2 saturated heterocycles. The van der Waals surface area contributed by atoms with Crippen molar-refractivity contribution < 1.29 is 4.92 Å². The minimum absolute atomic E-state index is 0.213. The lowest BCUT2D eigenvalue weighted by Gasteiger charge is -2.39. The van der Waals surface area contributed by atoms with Gasteiger partial charge in [0.05, 0.1) is 4.92 Å². The van der Waals surface area contributed by atoms with Crippen LogP contribution in [0.2, 0.25) is 0 Å². The van der Waals surface area contributed by atoms with Crippen molar-refractivity contribution in [2.45, 2.75) is 51.6 Å². The largest absolute Gasteiger partial charge is 0.371 e. The first-order chi connectivity index (χ1) is 10.6. The maximum absolute atomic E-state index is 10.9. The maximum atomic E-state index is 10.9. The summed E-state index contributed by atoms with van der Waals surface area (Å²) in [6.07, 6.45) is 5.06. The molecule has 0 radical (unpaired) electrons. The van der Waals surface area contributed by atoms with E-state index >= 15 is 0 Å². The van der Waals surface area contributed by atoms with Gasteiger partial charge in [0, 0.05) is 42.5 Å². The predicted molar refractivity (Wildman–Crippen MR) is 88.5 cm³/mol. The van der Waals surface area contributed by atoms with Gasteiger partial charge in [-0.25, -0.2) is 0 Å². The Morgan fingerprint density at radius 1 is 1.18 bits per heavy atom. The Bertz CT molecular complexity index is 553. The molecule has 1 atom stereocenters. The first-order valence-corrected chi connectivity index (χ1v) is 8.32. The molecule has 2 fully saturated rings. The van der Waals surface area contributed by atoms with Crippen LogP contribution >= 0.6 is 0 Å². The standard InChI is InChI=1S/C17H25N3O2/c1-13-12-16(5-6-17(13)20(21)22)18-10-7-15(8-11-18)19-9-3-4-14(19)2/h5-6,12,14-15H,3-4,7-11H2,1-2H3/t14-/m0/s1. The molecule has 3 rings (SSSR count). The van der Waals surface area contributed by atoms with E-state index in [1.54, 1.807) is 6.07 Å². The first-order valence-electron chi connectivity index (χ1n) is 8.32. The number of rotatable bonds is 3. The van der Waals surface area contributed by atoms with Crippen LogP contribution in [-0.4, -0.2) is 41.5 Å². The number of nitrogens with zero attached hydrogens (tertiary/aromatic N) is 3. The zero-order valence-corrected chi connectivity index (χ0v) is 13.5. The average molecular weight is 303 g/mol. The van der Waals surface area contributed by atoms with Crippen molar-refractivity contribution in [2.24, 2.45) is 0 Å². The van der Waals surface area contributed by atoms with Crippen LogP contribution in [0.5, 0.6) is 0 Å². The van der Waals surface area contributed by atoms with Crippen LogP contribution in [0.25, 0.3) is 0 Å². The zero-order chi connectivity index (χ0) is 15.7. The highest BCUT2D eigenvalue weighted by Crippen LogP contribution is 2.29. The molecule has 5 nitrogen and oxygen atoms in total. The molecule has 0 unspecified atom stereocenters. The lowest BCUT2D eigenvalue weighted by atomic mass is 10.0. The van der Waals surface area contributed by atoms with E-state index in [9.17, 15) is 10.1 Å². The van der Waals surface area contributed by atoms with Gasteiger partial charge in [-0.05, 0) is 58.2 Å². The molecule has 0 spiro atoms. The molecule has 0 saturated carbocycles. The fourth-order valence-electron chi connectivity index (χ4n) is 3.99. The zero-order valence-electron chi connectivity index (χ0n) is 13.5. The highest BCUT2D eigenvalue weighted by atomic mass is 16.6. The van der Waals surface area contributed by atoms with E-state index in [2.05, 4.69) is 16.7 Å². The van der Waals surface area contributed by atoms with Crippen LogP contribution in [0.4, 0.5) is 11.4 Å². The van der Waals surface area contributed by atoms with Crippen molar-refractivity contribution in [2.75, 3.05) is 24.5 Å². The van der Waals surface area contributed by atoms with E-state index in [1.165, 1.54) is 32.2 Å². The van der Waals surface area contributed by atoms with Crippen LogP contribution in [0.1, 0.15) is 38.2 Å². The molecular weight excluding hydrogens is 278 g/mol. The SMILES string of the molecule is Cc1cc(N2CCC(N3CCC[C@@H]3C)CC2)ccc1[N+](=O)[O-]. The Morgan fingerprint density at radius 2 is 1.91 bits per heavy atom. The van der Waals surface area contributed by atoms with Gasteiger partial charge in [-0.3, -0.25) is 15.0 Å². The van der Waals surface area contributed by atoms with Crippen LogP contribution in [0.15, 0.2) is 18.2 Å². The number of hydrogen-bond acceptors (Lipinski definition) is 4. The summed E-state index contributed by atoms with van der Waals surface area (Å²) in [5, 5.41) is 10.9. The molecule has 120 valence electrons. The van der Waals surface area contributed by atoms with Crippen molar-refractivity contribution in [3.8, 4) is 0 Å². The van der Waals surface area contributed by atoms with Crippen LogP contribution < -0.4 is 4.90 Å². The summed E-state index contributed by atoms with van der Waals surface area (Å²) in [5.74, 6) is 0. The smallest absolute Gasteiger partial charge is 0.272 e. The second-order valence-electron chi connectivity index (χ2n) is 6.68. The molecule has 0 amide bonds. The van der Waals surface area contributed by atoms with Crippen LogP contribution in [-0.2, 0) is 0 Å². The molecule has 2 heterocycles. The monoisotopic (exact) mass is 303 g/mol. The number of aryl methyl sites for hydroxylation is 1. The van der Waals surface area contributed by atoms with Gasteiger partial charge >= 0.3 is 0 Å². The third-order valence-electron chi connectivity index (χ3n) is 5.28. The minimum Gasteiger partial charge on any atom is -0.371 e. The summed E-state index contributed by atoms with van der Waals surface area (Å²) in [7, 11) is 0. The lowest BCUT2D eigenvalue weighted by Crippen LogP contribution is -2.46. The van der Waals surface area contributed by atoms with E-state index < -0.39 is 0 Å². The number of nitro benzene ring substituents is 1. The fourth-order valence-corrected chi connectivity index (χ4v) is 3.99. The quantitative estimate of drug-likeness (QED) is 0.634. The van der Waals surface area contributed by atoms with Gasteiger partial charge in [0.1, 0.15) is 0 Å². The topological polar surface area (TPSA) is 49.6 Å². The van der Waals surface area contributed by atoms with Crippen molar-refractivity contribution in [3.05, 3.63) is 33.9 Å². The van der Waals surface area contributed by atoms with Crippen molar-refractivity contribution in [1.29, 1.82) is 0 Å². The molecule has 1 aromatic rings. The molecule has 0 aromatic heterocycles. The molecule has 0 N–H and O–H groups in total. The maximum Gasteiger partial charge on any atom is 0.272 e. The third-order valence-corrected chi connectivity index (χ3v) is 5.28. The van der Waals surface area contributed by atoms with Gasteiger partial charge in [0.2, 0.25) is 0 Å². The Morgan fingerprint density at radius 3 is 2.45 bits per heavy atom. The van der Waals surface area contributed by atoms with Crippen molar-refractivity contribution in [1.82, 2.24) is 4.90 Å². The van der Waals surface area contributed by atoms with E-state index in [0.29, 0.717) is 6.04 Å². The molecule has 1 aromatic carbocycles. The molecule has 2 aliphatic heterocycles. The van der Waals surface area contributed by atoms with Gasteiger partial charge < -0.3 is 4.90 Å². The van der Waals surface area contributed by atoms with E-state index in [-0.39, 0.29) is 10.6 Å². The van der Waals surface area contributed by atoms with E-state index in [0.717, 1.165) is 30.4 Å². The van der Waals surface area contributed by atoms with Crippen LogP contribution in [0, 0.1) is 17.0 Å². The Labute approximate surface area is 132 Å². The van der Waals surface area contributed by atoms with Gasteiger partial charge in [-0.15, -0.1) is 0 Å². The lowest BCUT2D eigenvalue weighted by molar-refractivity contribution is -0.385. The van der Waals surface area contributed by atoms with E-state index in [4.69, 9.17) is 0 Å². The fraction of sp³-hybridized carbons (Fsp3) is 0.647. The summed E-state index contributed by atoms with van der Waals surface area (Å²) in [6.45, 7) is 7.51. The third kappa shape index (κ3) is 2.95. The molecule has 0 bridgehead atoms. The van der Waals surface area contributed by atoms with Gasteiger partial charge in [-0.1, -0.05) is 0 Å². The number of likely N-dealkylation sites (tertiary alicyclic amines) is 1. The molecule has 5 heteroatoms. The van der Waals surface area contributed by atoms with Gasteiger partial charge in [0.15, 0.2) is 0 Å². The number of hydrogen-bond donors (Lipinski definition) is 0. The predicted octanol–water partition coefficient (Wildman–Crippen LogP) is 3.36. The Kier molecular flexibility index (Phi) is 4.34. The number of nitro groups is 1. The summed E-state index contributed by atoms with van der Waals surface area (Å²) >= 11 is 0.